The predicted octanol–water partition coefficient (Wildman–Crippen LogP) is 2.18. The molecule has 0 spiro atoms. The first kappa shape index (κ1) is 17.8. The van der Waals surface area contributed by atoms with E-state index in [1.54, 1.807) is 7.11 Å². The second-order valence-electron chi connectivity index (χ2n) is 4.41. The van der Waals surface area contributed by atoms with Crippen LogP contribution in [0.15, 0.2) is 0 Å². The van der Waals surface area contributed by atoms with Crippen LogP contribution in [0, 0.1) is 0 Å². The Morgan fingerprint density at radius 2 is 1.33 bits per heavy atom. The Kier molecular flexibility index (Phi) is 14.8. The molecule has 0 atom stereocenters. The number of rotatable bonds is 14. The quantitative estimate of drug-likeness (QED) is 0.448. The maximum absolute atomic E-state index is 5.61. The van der Waals surface area contributed by atoms with Crippen molar-refractivity contribution in [1.82, 2.24) is 4.90 Å². The summed E-state index contributed by atoms with van der Waals surface area (Å²) in [7, 11) is 1.69. The molecular formula is C14H31NO3. The lowest BCUT2D eigenvalue weighted by Crippen LogP contribution is -2.29. The summed E-state index contributed by atoms with van der Waals surface area (Å²) in [6.07, 6.45) is 3.39. The average Bonchev–Trinajstić information content (AvgIpc) is 2.37. The Labute approximate surface area is 113 Å². The Hall–Kier alpha value is -0.160. The fourth-order valence-corrected chi connectivity index (χ4v) is 1.77. The standard InChI is InChI=1S/C14H31NO3/c1-4-7-15(8-5-2)9-12-17-10-6-11-18-14-13-16-3/h4-14H2,1-3H3. The zero-order valence-electron chi connectivity index (χ0n) is 12.5. The molecule has 0 amide bonds. The minimum Gasteiger partial charge on any atom is -0.382 e. The summed E-state index contributed by atoms with van der Waals surface area (Å²) in [5.74, 6) is 0. The van der Waals surface area contributed by atoms with Gasteiger partial charge in [-0.05, 0) is 32.4 Å². The number of nitrogens with zero attached hydrogens (tertiary/aromatic N) is 1. The van der Waals surface area contributed by atoms with Gasteiger partial charge in [-0.1, -0.05) is 13.8 Å². The maximum Gasteiger partial charge on any atom is 0.0700 e. The monoisotopic (exact) mass is 261 g/mol. The smallest absolute Gasteiger partial charge is 0.0700 e. The van der Waals surface area contributed by atoms with E-state index in [0.717, 1.165) is 32.8 Å². The summed E-state index contributed by atoms with van der Waals surface area (Å²) in [6.45, 7) is 11.6. The molecule has 110 valence electrons. The van der Waals surface area contributed by atoms with Gasteiger partial charge in [0, 0.05) is 26.9 Å². The van der Waals surface area contributed by atoms with Crippen LogP contribution in [0.4, 0.5) is 0 Å². The minimum atomic E-state index is 0.670. The van der Waals surface area contributed by atoms with Gasteiger partial charge in [-0.2, -0.15) is 0 Å². The van der Waals surface area contributed by atoms with Crippen molar-refractivity contribution in [2.45, 2.75) is 33.1 Å². The van der Waals surface area contributed by atoms with Crippen molar-refractivity contribution >= 4 is 0 Å². The van der Waals surface area contributed by atoms with Crippen LogP contribution in [0.5, 0.6) is 0 Å². The molecule has 0 saturated carbocycles. The molecule has 0 aromatic rings. The fraction of sp³-hybridized carbons (Fsp3) is 1.00. The normalized spacial score (nSPS) is 11.3. The summed E-state index contributed by atoms with van der Waals surface area (Å²) in [5.41, 5.74) is 0. The Morgan fingerprint density at radius 1 is 0.722 bits per heavy atom. The van der Waals surface area contributed by atoms with E-state index in [9.17, 15) is 0 Å². The third-order valence-corrected chi connectivity index (χ3v) is 2.64. The van der Waals surface area contributed by atoms with Crippen LogP contribution < -0.4 is 0 Å². The van der Waals surface area contributed by atoms with E-state index in [1.165, 1.54) is 25.9 Å². The van der Waals surface area contributed by atoms with Gasteiger partial charge in [-0.25, -0.2) is 0 Å². The van der Waals surface area contributed by atoms with E-state index in [-0.39, 0.29) is 0 Å². The highest BCUT2D eigenvalue weighted by atomic mass is 16.5. The Bertz CT molecular complexity index is 150. The molecule has 0 rings (SSSR count). The van der Waals surface area contributed by atoms with E-state index < -0.39 is 0 Å². The van der Waals surface area contributed by atoms with Gasteiger partial charge in [0.15, 0.2) is 0 Å². The van der Waals surface area contributed by atoms with Crippen LogP contribution >= 0.6 is 0 Å². The van der Waals surface area contributed by atoms with Crippen LogP contribution in [0.25, 0.3) is 0 Å². The molecule has 18 heavy (non-hydrogen) atoms. The predicted molar refractivity (Wildman–Crippen MR) is 75.2 cm³/mol. The van der Waals surface area contributed by atoms with Gasteiger partial charge >= 0.3 is 0 Å². The van der Waals surface area contributed by atoms with Gasteiger partial charge in [0.05, 0.1) is 19.8 Å². The lowest BCUT2D eigenvalue weighted by Gasteiger charge is -2.20. The zero-order valence-corrected chi connectivity index (χ0v) is 12.5. The van der Waals surface area contributed by atoms with E-state index in [0.29, 0.717) is 13.2 Å². The van der Waals surface area contributed by atoms with Crippen molar-refractivity contribution in [1.29, 1.82) is 0 Å². The first-order valence-electron chi connectivity index (χ1n) is 7.21. The van der Waals surface area contributed by atoms with Crippen LogP contribution in [-0.4, -0.2) is 64.7 Å². The fourth-order valence-electron chi connectivity index (χ4n) is 1.77. The summed E-state index contributed by atoms with van der Waals surface area (Å²) in [5, 5.41) is 0. The highest BCUT2D eigenvalue weighted by Crippen LogP contribution is 1.94. The summed E-state index contributed by atoms with van der Waals surface area (Å²) >= 11 is 0. The highest BCUT2D eigenvalue weighted by Gasteiger charge is 2.01. The SMILES string of the molecule is CCCN(CCC)CCOCCCOCCOC. The van der Waals surface area contributed by atoms with Crippen LogP contribution in [0.3, 0.4) is 0 Å². The van der Waals surface area contributed by atoms with Crippen molar-refractivity contribution < 1.29 is 14.2 Å². The van der Waals surface area contributed by atoms with Crippen LogP contribution in [0.1, 0.15) is 33.1 Å². The van der Waals surface area contributed by atoms with Gasteiger partial charge in [-0.15, -0.1) is 0 Å². The molecule has 4 heteroatoms. The molecule has 0 fully saturated rings. The third-order valence-electron chi connectivity index (χ3n) is 2.64. The van der Waals surface area contributed by atoms with E-state index in [2.05, 4.69) is 18.7 Å². The molecule has 0 unspecified atom stereocenters. The van der Waals surface area contributed by atoms with Crippen LogP contribution in [-0.2, 0) is 14.2 Å². The minimum absolute atomic E-state index is 0.670. The first-order valence-corrected chi connectivity index (χ1v) is 7.21. The van der Waals surface area contributed by atoms with Crippen molar-refractivity contribution in [2.24, 2.45) is 0 Å². The molecule has 0 heterocycles. The number of hydrogen-bond acceptors (Lipinski definition) is 4. The Morgan fingerprint density at radius 3 is 1.89 bits per heavy atom. The van der Waals surface area contributed by atoms with Crippen molar-refractivity contribution in [3.05, 3.63) is 0 Å². The number of hydrogen-bond donors (Lipinski definition) is 0. The van der Waals surface area contributed by atoms with E-state index >= 15 is 0 Å². The molecule has 0 aromatic carbocycles. The molecule has 0 radical (unpaired) electrons. The second kappa shape index (κ2) is 14.9. The molecule has 0 N–H and O–H groups in total. The number of ether oxygens (including phenoxy) is 3. The topological polar surface area (TPSA) is 30.9 Å². The van der Waals surface area contributed by atoms with Gasteiger partial charge in [-0.3, -0.25) is 0 Å². The van der Waals surface area contributed by atoms with E-state index in [4.69, 9.17) is 14.2 Å². The van der Waals surface area contributed by atoms with Crippen LogP contribution in [0.2, 0.25) is 0 Å². The molecule has 0 aromatic heterocycles. The molecular weight excluding hydrogens is 230 g/mol. The molecule has 0 aliphatic carbocycles. The summed E-state index contributed by atoms with van der Waals surface area (Å²) in [4.78, 5) is 2.47. The highest BCUT2D eigenvalue weighted by molar-refractivity contribution is 4.55. The zero-order chi connectivity index (χ0) is 13.5. The van der Waals surface area contributed by atoms with Crippen molar-refractivity contribution in [3.63, 3.8) is 0 Å². The largest absolute Gasteiger partial charge is 0.382 e. The van der Waals surface area contributed by atoms with Crippen molar-refractivity contribution in [2.75, 3.05) is 59.8 Å². The number of methoxy groups -OCH3 is 1. The average molecular weight is 261 g/mol. The van der Waals surface area contributed by atoms with Gasteiger partial charge in [0.2, 0.25) is 0 Å². The van der Waals surface area contributed by atoms with Gasteiger partial charge in [0.25, 0.3) is 0 Å². The molecule has 0 bridgehead atoms. The summed E-state index contributed by atoms with van der Waals surface area (Å²) in [6, 6.07) is 0. The molecule has 4 nitrogen and oxygen atoms in total. The lowest BCUT2D eigenvalue weighted by molar-refractivity contribution is 0.0470. The van der Waals surface area contributed by atoms with Crippen molar-refractivity contribution in [3.8, 4) is 0 Å². The first-order chi connectivity index (χ1) is 8.85. The maximum atomic E-state index is 5.61. The lowest BCUT2D eigenvalue weighted by atomic mass is 10.3. The molecule has 0 saturated heterocycles. The van der Waals surface area contributed by atoms with E-state index in [1.807, 2.05) is 0 Å². The van der Waals surface area contributed by atoms with Gasteiger partial charge < -0.3 is 19.1 Å². The second-order valence-corrected chi connectivity index (χ2v) is 4.41. The van der Waals surface area contributed by atoms with Gasteiger partial charge in [0.1, 0.15) is 0 Å². The summed E-state index contributed by atoms with van der Waals surface area (Å²) < 4.78 is 15.9. The molecule has 0 aliphatic rings. The molecule has 0 aliphatic heterocycles. The third kappa shape index (κ3) is 12.3. The Balaban J connectivity index is 3.21.